The summed E-state index contributed by atoms with van der Waals surface area (Å²) in [6, 6.07) is 1.21. The number of ether oxygens (including phenoxy) is 1. The van der Waals surface area contributed by atoms with Gasteiger partial charge < -0.3 is 14.6 Å². The Morgan fingerprint density at radius 1 is 1.43 bits per heavy atom. The molecule has 1 N–H and O–H groups in total. The smallest absolute Gasteiger partial charge is 0.307 e. The summed E-state index contributed by atoms with van der Waals surface area (Å²) in [6.45, 7) is 2.32. The van der Waals surface area contributed by atoms with Crippen molar-refractivity contribution in [2.45, 2.75) is 38.6 Å². The molecule has 0 aromatic carbocycles. The number of hydrogen-bond donors (Lipinski definition) is 1. The highest BCUT2D eigenvalue weighted by Crippen LogP contribution is 2.21. The lowest BCUT2D eigenvalue weighted by Gasteiger charge is -2.35. The van der Waals surface area contributed by atoms with E-state index in [4.69, 9.17) is 0 Å². The third kappa shape index (κ3) is 3.51. The summed E-state index contributed by atoms with van der Waals surface area (Å²) in [5.74, 6) is -0.651. The number of likely N-dealkylation sites (tertiary alicyclic amines) is 1. The molecule has 1 unspecified atom stereocenters. The van der Waals surface area contributed by atoms with Crippen LogP contribution >= 0.6 is 0 Å². The van der Waals surface area contributed by atoms with Gasteiger partial charge in [0.15, 0.2) is 5.43 Å². The number of hydrogen-bond acceptors (Lipinski definition) is 4. The number of nitrogens with one attached hydrogen (secondary N) is 1. The van der Waals surface area contributed by atoms with E-state index in [0.29, 0.717) is 12.2 Å². The van der Waals surface area contributed by atoms with Gasteiger partial charge in [-0.2, -0.15) is 0 Å². The van der Waals surface area contributed by atoms with E-state index in [1.807, 2.05) is 0 Å². The first-order chi connectivity index (χ1) is 10.0. The van der Waals surface area contributed by atoms with Crippen LogP contribution in [-0.4, -0.2) is 41.5 Å². The lowest BCUT2D eigenvalue weighted by molar-refractivity contribution is -0.142. The zero-order chi connectivity index (χ0) is 15.4. The van der Waals surface area contributed by atoms with Gasteiger partial charge in [0.05, 0.1) is 13.5 Å². The standard InChI is InChI=1S/C15H20N2O4/c1-10-7-13(18)12(9-16-10)15(20)17-6-4-3-5-11(17)8-14(19)21-2/h7,9,11H,3-6,8H2,1-2H3,(H,16,18). The van der Waals surface area contributed by atoms with Crippen molar-refractivity contribution >= 4 is 11.9 Å². The Kier molecular flexibility index (Phi) is 4.77. The van der Waals surface area contributed by atoms with Crippen LogP contribution in [0.2, 0.25) is 0 Å². The van der Waals surface area contributed by atoms with Crippen molar-refractivity contribution in [3.05, 3.63) is 33.7 Å². The molecule has 2 rings (SSSR count). The lowest BCUT2D eigenvalue weighted by Crippen LogP contribution is -2.46. The molecule has 1 saturated heterocycles. The number of carbonyl (C=O) groups excluding carboxylic acids is 2. The maximum absolute atomic E-state index is 12.6. The highest BCUT2D eigenvalue weighted by atomic mass is 16.5. The van der Waals surface area contributed by atoms with Crippen molar-refractivity contribution in [2.24, 2.45) is 0 Å². The van der Waals surface area contributed by atoms with Gasteiger partial charge in [-0.3, -0.25) is 14.4 Å². The molecule has 114 valence electrons. The lowest BCUT2D eigenvalue weighted by atomic mass is 9.98. The number of esters is 1. The molecular weight excluding hydrogens is 272 g/mol. The van der Waals surface area contributed by atoms with Gasteiger partial charge in [0.2, 0.25) is 0 Å². The zero-order valence-corrected chi connectivity index (χ0v) is 12.3. The normalized spacial score (nSPS) is 18.4. The minimum atomic E-state index is -0.336. The first-order valence-electron chi connectivity index (χ1n) is 7.10. The summed E-state index contributed by atoms with van der Waals surface area (Å²) in [7, 11) is 1.34. The number of H-pyrrole nitrogens is 1. The number of aromatic nitrogens is 1. The quantitative estimate of drug-likeness (QED) is 0.850. The summed E-state index contributed by atoms with van der Waals surface area (Å²) in [5.41, 5.74) is 0.539. The third-order valence-corrected chi connectivity index (χ3v) is 3.81. The summed E-state index contributed by atoms with van der Waals surface area (Å²) in [6.07, 6.45) is 4.23. The second-order valence-corrected chi connectivity index (χ2v) is 5.32. The Balaban J connectivity index is 2.22. The molecule has 1 fully saturated rings. The van der Waals surface area contributed by atoms with Gasteiger partial charge in [-0.15, -0.1) is 0 Å². The van der Waals surface area contributed by atoms with Crippen LogP contribution in [0.1, 0.15) is 41.7 Å². The Morgan fingerprint density at radius 2 is 2.19 bits per heavy atom. The maximum atomic E-state index is 12.6. The second kappa shape index (κ2) is 6.56. The third-order valence-electron chi connectivity index (χ3n) is 3.81. The van der Waals surface area contributed by atoms with Crippen molar-refractivity contribution in [2.75, 3.05) is 13.7 Å². The largest absolute Gasteiger partial charge is 0.469 e. The molecule has 1 amide bonds. The fourth-order valence-corrected chi connectivity index (χ4v) is 2.65. The van der Waals surface area contributed by atoms with Crippen molar-refractivity contribution in [1.29, 1.82) is 0 Å². The minimum absolute atomic E-state index is 0.123. The van der Waals surface area contributed by atoms with Crippen LogP contribution < -0.4 is 5.43 Å². The van der Waals surface area contributed by atoms with Gasteiger partial charge >= 0.3 is 5.97 Å². The van der Waals surface area contributed by atoms with E-state index >= 15 is 0 Å². The van der Waals surface area contributed by atoms with Crippen molar-refractivity contribution in [1.82, 2.24) is 9.88 Å². The topological polar surface area (TPSA) is 79.5 Å². The van der Waals surface area contributed by atoms with Crippen LogP contribution in [-0.2, 0) is 9.53 Å². The molecule has 1 aromatic rings. The molecule has 1 aliphatic rings. The summed E-state index contributed by atoms with van der Waals surface area (Å²) in [5, 5.41) is 0. The Morgan fingerprint density at radius 3 is 2.86 bits per heavy atom. The monoisotopic (exact) mass is 292 g/mol. The molecule has 2 heterocycles. The van der Waals surface area contributed by atoms with E-state index in [0.717, 1.165) is 19.3 Å². The predicted molar refractivity (Wildman–Crippen MR) is 77.1 cm³/mol. The van der Waals surface area contributed by atoms with Gasteiger partial charge in [0.1, 0.15) is 5.56 Å². The molecule has 0 bridgehead atoms. The second-order valence-electron chi connectivity index (χ2n) is 5.32. The Labute approximate surface area is 123 Å². The van der Waals surface area contributed by atoms with E-state index in [2.05, 4.69) is 9.72 Å². The highest BCUT2D eigenvalue weighted by Gasteiger charge is 2.30. The number of carbonyl (C=O) groups is 2. The molecule has 6 nitrogen and oxygen atoms in total. The highest BCUT2D eigenvalue weighted by molar-refractivity contribution is 5.94. The van der Waals surface area contributed by atoms with Crippen LogP contribution in [0.15, 0.2) is 17.1 Å². The molecule has 0 aliphatic carbocycles. The van der Waals surface area contributed by atoms with Crippen LogP contribution in [0.5, 0.6) is 0 Å². The number of pyridine rings is 1. The molecule has 6 heteroatoms. The number of methoxy groups -OCH3 is 1. The first-order valence-corrected chi connectivity index (χ1v) is 7.10. The fraction of sp³-hybridized carbons (Fsp3) is 0.533. The molecule has 0 radical (unpaired) electrons. The summed E-state index contributed by atoms with van der Waals surface area (Å²) >= 11 is 0. The number of amides is 1. The number of aryl methyl sites for hydroxylation is 1. The van der Waals surface area contributed by atoms with Gasteiger partial charge in [-0.1, -0.05) is 0 Å². The van der Waals surface area contributed by atoms with Crippen molar-refractivity contribution in [3.63, 3.8) is 0 Å². The van der Waals surface area contributed by atoms with Crippen LogP contribution in [0.3, 0.4) is 0 Å². The fourth-order valence-electron chi connectivity index (χ4n) is 2.65. The van der Waals surface area contributed by atoms with Crippen molar-refractivity contribution < 1.29 is 14.3 Å². The molecular formula is C15H20N2O4. The molecule has 0 spiro atoms. The van der Waals surface area contributed by atoms with Crippen LogP contribution in [0.4, 0.5) is 0 Å². The number of nitrogens with zero attached hydrogens (tertiary/aromatic N) is 1. The van der Waals surface area contributed by atoms with Gasteiger partial charge in [0, 0.05) is 30.5 Å². The van der Waals surface area contributed by atoms with E-state index < -0.39 is 0 Å². The van der Waals surface area contributed by atoms with E-state index in [1.54, 1.807) is 11.8 Å². The van der Waals surface area contributed by atoms with Gasteiger partial charge in [-0.05, 0) is 26.2 Å². The SMILES string of the molecule is COC(=O)CC1CCCCN1C(=O)c1c[nH]c(C)cc1=O. The summed E-state index contributed by atoms with van der Waals surface area (Å²) < 4.78 is 4.68. The van der Waals surface area contributed by atoms with E-state index in [1.165, 1.54) is 19.4 Å². The molecule has 0 saturated carbocycles. The van der Waals surface area contributed by atoms with E-state index in [-0.39, 0.29) is 35.3 Å². The molecule has 1 aromatic heterocycles. The molecule has 1 atom stereocenters. The number of aromatic amines is 1. The van der Waals surface area contributed by atoms with Crippen LogP contribution in [0, 0.1) is 6.92 Å². The zero-order valence-electron chi connectivity index (χ0n) is 12.3. The Bertz CT molecular complexity index is 594. The Hall–Kier alpha value is -2.11. The maximum Gasteiger partial charge on any atom is 0.307 e. The van der Waals surface area contributed by atoms with Crippen molar-refractivity contribution in [3.8, 4) is 0 Å². The van der Waals surface area contributed by atoms with Gasteiger partial charge in [-0.25, -0.2) is 0 Å². The van der Waals surface area contributed by atoms with Crippen LogP contribution in [0.25, 0.3) is 0 Å². The number of piperidine rings is 1. The average molecular weight is 292 g/mol. The number of rotatable bonds is 3. The van der Waals surface area contributed by atoms with Gasteiger partial charge in [0.25, 0.3) is 5.91 Å². The summed E-state index contributed by atoms with van der Waals surface area (Å²) in [4.78, 5) is 40.5. The molecule has 21 heavy (non-hydrogen) atoms. The minimum Gasteiger partial charge on any atom is -0.469 e. The average Bonchev–Trinajstić information content (AvgIpc) is 2.47. The molecule has 1 aliphatic heterocycles. The predicted octanol–water partition coefficient (Wildman–Crippen LogP) is 1.24. The first kappa shape index (κ1) is 15.3. The van der Waals surface area contributed by atoms with E-state index in [9.17, 15) is 14.4 Å².